The molecule has 2 aliphatic heterocycles. The van der Waals surface area contributed by atoms with Gasteiger partial charge in [0.15, 0.2) is 0 Å². The number of hydrogen-bond donors (Lipinski definition) is 0. The van der Waals surface area contributed by atoms with E-state index in [-0.39, 0.29) is 0 Å². The molecule has 2 unspecified atom stereocenters. The van der Waals surface area contributed by atoms with E-state index >= 15 is 0 Å². The van der Waals surface area contributed by atoms with E-state index in [4.69, 9.17) is 8.85 Å². The van der Waals surface area contributed by atoms with Gasteiger partial charge in [0.25, 0.3) is 0 Å². The standard InChI is InChI=1S/C9H18O2Si/c1-8-9(2)11-12(10-8)6-4-3-5-7-12/h8-9H,3-7H2,1-2H3. The van der Waals surface area contributed by atoms with Crippen LogP contribution in [0.3, 0.4) is 0 Å². The Morgan fingerprint density at radius 3 is 1.92 bits per heavy atom. The molecule has 70 valence electrons. The Morgan fingerprint density at radius 1 is 0.917 bits per heavy atom. The Bertz CT molecular complexity index is 154. The molecule has 2 saturated heterocycles. The van der Waals surface area contributed by atoms with E-state index in [0.29, 0.717) is 12.2 Å². The summed E-state index contributed by atoms with van der Waals surface area (Å²) in [5, 5.41) is 0. The van der Waals surface area contributed by atoms with Crippen LogP contribution in [-0.2, 0) is 8.85 Å². The molecule has 0 aromatic rings. The van der Waals surface area contributed by atoms with E-state index in [2.05, 4.69) is 13.8 Å². The summed E-state index contributed by atoms with van der Waals surface area (Å²) in [6, 6.07) is 2.48. The molecule has 2 aliphatic rings. The molecule has 0 aromatic heterocycles. The van der Waals surface area contributed by atoms with Crippen LogP contribution in [0.15, 0.2) is 0 Å². The molecule has 2 heterocycles. The maximum atomic E-state index is 6.02. The molecule has 0 amide bonds. The van der Waals surface area contributed by atoms with E-state index in [1.807, 2.05) is 0 Å². The van der Waals surface area contributed by atoms with Crippen molar-refractivity contribution in [3.8, 4) is 0 Å². The van der Waals surface area contributed by atoms with Gasteiger partial charge in [-0.1, -0.05) is 19.3 Å². The van der Waals surface area contributed by atoms with Gasteiger partial charge in [0.05, 0.1) is 12.2 Å². The lowest BCUT2D eigenvalue weighted by Gasteiger charge is -2.28. The molecule has 0 aliphatic carbocycles. The Kier molecular flexibility index (Phi) is 2.27. The molecule has 3 heteroatoms. The average molecular weight is 186 g/mol. The Balaban J connectivity index is 2.02. The van der Waals surface area contributed by atoms with Gasteiger partial charge < -0.3 is 8.85 Å². The van der Waals surface area contributed by atoms with Gasteiger partial charge in [-0.3, -0.25) is 0 Å². The minimum absolute atomic E-state index is 0.342. The van der Waals surface area contributed by atoms with Crippen molar-refractivity contribution in [3.63, 3.8) is 0 Å². The van der Waals surface area contributed by atoms with Crippen molar-refractivity contribution in [3.05, 3.63) is 0 Å². The predicted molar refractivity (Wildman–Crippen MR) is 50.3 cm³/mol. The molecule has 2 fully saturated rings. The second kappa shape index (κ2) is 3.12. The molecular formula is C9H18O2Si. The second-order valence-corrected chi connectivity index (χ2v) is 7.41. The summed E-state index contributed by atoms with van der Waals surface area (Å²) < 4.78 is 12.0. The zero-order valence-corrected chi connectivity index (χ0v) is 9.01. The van der Waals surface area contributed by atoms with Crippen molar-refractivity contribution in [1.29, 1.82) is 0 Å². The molecule has 2 atom stereocenters. The van der Waals surface area contributed by atoms with Crippen LogP contribution in [0.25, 0.3) is 0 Å². The Morgan fingerprint density at radius 2 is 1.42 bits per heavy atom. The Hall–Kier alpha value is 0.137. The summed E-state index contributed by atoms with van der Waals surface area (Å²) in [7, 11) is -1.65. The smallest absolute Gasteiger partial charge is 0.338 e. The van der Waals surface area contributed by atoms with Gasteiger partial charge in [0.1, 0.15) is 0 Å². The van der Waals surface area contributed by atoms with E-state index in [9.17, 15) is 0 Å². The second-order valence-electron chi connectivity index (χ2n) is 4.12. The van der Waals surface area contributed by atoms with Crippen molar-refractivity contribution in [2.45, 2.75) is 57.4 Å². The van der Waals surface area contributed by atoms with Gasteiger partial charge in [-0.2, -0.15) is 0 Å². The zero-order chi connectivity index (χ0) is 8.60. The summed E-state index contributed by atoms with van der Waals surface area (Å²) in [6.07, 6.45) is 4.71. The number of hydrogen-bond acceptors (Lipinski definition) is 2. The summed E-state index contributed by atoms with van der Waals surface area (Å²) >= 11 is 0. The highest BCUT2D eigenvalue weighted by Gasteiger charge is 2.47. The first-order valence-corrected chi connectivity index (χ1v) is 7.31. The lowest BCUT2D eigenvalue weighted by atomic mass is 10.3. The van der Waals surface area contributed by atoms with E-state index in [1.54, 1.807) is 0 Å². The van der Waals surface area contributed by atoms with Crippen molar-refractivity contribution >= 4 is 8.56 Å². The van der Waals surface area contributed by atoms with Crippen LogP contribution in [-0.4, -0.2) is 20.8 Å². The van der Waals surface area contributed by atoms with Crippen molar-refractivity contribution in [2.75, 3.05) is 0 Å². The third kappa shape index (κ3) is 1.45. The van der Waals surface area contributed by atoms with Crippen LogP contribution < -0.4 is 0 Å². The van der Waals surface area contributed by atoms with E-state index < -0.39 is 8.56 Å². The van der Waals surface area contributed by atoms with Crippen molar-refractivity contribution < 1.29 is 8.85 Å². The first-order chi connectivity index (χ1) is 5.72. The quantitative estimate of drug-likeness (QED) is 0.541. The molecule has 0 bridgehead atoms. The maximum absolute atomic E-state index is 6.02. The fourth-order valence-corrected chi connectivity index (χ4v) is 6.32. The predicted octanol–water partition coefficient (Wildman–Crippen LogP) is 2.44. The summed E-state index contributed by atoms with van der Waals surface area (Å²) in [5.41, 5.74) is 0. The van der Waals surface area contributed by atoms with Gasteiger partial charge in [-0.15, -0.1) is 0 Å². The van der Waals surface area contributed by atoms with Crippen molar-refractivity contribution in [2.24, 2.45) is 0 Å². The van der Waals surface area contributed by atoms with E-state index in [1.165, 1.54) is 31.4 Å². The molecule has 12 heavy (non-hydrogen) atoms. The van der Waals surface area contributed by atoms with Crippen LogP contribution in [0, 0.1) is 0 Å². The molecule has 0 saturated carbocycles. The normalized spacial score (nSPS) is 40.5. The van der Waals surface area contributed by atoms with Gasteiger partial charge >= 0.3 is 8.56 Å². The monoisotopic (exact) mass is 186 g/mol. The first kappa shape index (κ1) is 8.72. The van der Waals surface area contributed by atoms with Gasteiger partial charge in [-0.05, 0) is 25.9 Å². The van der Waals surface area contributed by atoms with Gasteiger partial charge in [-0.25, -0.2) is 0 Å². The van der Waals surface area contributed by atoms with Crippen molar-refractivity contribution in [1.82, 2.24) is 0 Å². The van der Waals surface area contributed by atoms with Crippen LogP contribution in [0.2, 0.25) is 12.1 Å². The molecular weight excluding hydrogens is 168 g/mol. The average Bonchev–Trinajstić information content (AvgIpc) is 2.29. The van der Waals surface area contributed by atoms with Crippen LogP contribution in [0.1, 0.15) is 33.1 Å². The number of rotatable bonds is 0. The minimum Gasteiger partial charge on any atom is -0.389 e. The van der Waals surface area contributed by atoms with Crippen LogP contribution in [0.5, 0.6) is 0 Å². The highest BCUT2D eigenvalue weighted by atomic mass is 28.4. The molecule has 2 rings (SSSR count). The molecule has 2 nitrogen and oxygen atoms in total. The van der Waals surface area contributed by atoms with Crippen LogP contribution >= 0.6 is 0 Å². The maximum Gasteiger partial charge on any atom is 0.338 e. The molecule has 0 N–H and O–H groups in total. The molecule has 0 radical (unpaired) electrons. The van der Waals surface area contributed by atoms with Gasteiger partial charge in [0, 0.05) is 0 Å². The summed E-state index contributed by atoms with van der Waals surface area (Å²) in [5.74, 6) is 0. The largest absolute Gasteiger partial charge is 0.389 e. The third-order valence-electron chi connectivity index (χ3n) is 3.08. The van der Waals surface area contributed by atoms with E-state index in [0.717, 1.165) is 0 Å². The van der Waals surface area contributed by atoms with Crippen LogP contribution in [0.4, 0.5) is 0 Å². The lowest BCUT2D eigenvalue weighted by molar-refractivity contribution is 0.187. The molecule has 1 spiro atoms. The first-order valence-electron chi connectivity index (χ1n) is 5.07. The lowest BCUT2D eigenvalue weighted by Crippen LogP contribution is -2.39. The minimum atomic E-state index is -1.65. The summed E-state index contributed by atoms with van der Waals surface area (Å²) in [6.45, 7) is 4.28. The zero-order valence-electron chi connectivity index (χ0n) is 8.01. The third-order valence-corrected chi connectivity index (χ3v) is 6.91. The SMILES string of the molecule is CC1O[Si]2(CCCCC2)OC1C. The van der Waals surface area contributed by atoms with Gasteiger partial charge in [0.2, 0.25) is 0 Å². The topological polar surface area (TPSA) is 18.5 Å². The highest BCUT2D eigenvalue weighted by Crippen LogP contribution is 2.37. The highest BCUT2D eigenvalue weighted by molar-refractivity contribution is 6.68. The fraction of sp³-hybridized carbons (Fsp3) is 1.00. The Labute approximate surface area is 75.5 Å². The fourth-order valence-electron chi connectivity index (χ4n) is 2.22. The molecule has 0 aromatic carbocycles. The summed E-state index contributed by atoms with van der Waals surface area (Å²) in [4.78, 5) is 0.